The fraction of sp³-hybridized carbons (Fsp3) is 0.440. The van der Waals surface area contributed by atoms with Gasteiger partial charge in [-0.05, 0) is 63.8 Å². The topological polar surface area (TPSA) is 106 Å². The molecule has 0 aliphatic carbocycles. The highest BCUT2D eigenvalue weighted by Crippen LogP contribution is 2.13. The van der Waals surface area contributed by atoms with Crippen LogP contribution in [0.4, 0.5) is 4.79 Å². The number of nitrogens with one attached hydrogen (secondary N) is 1. The summed E-state index contributed by atoms with van der Waals surface area (Å²) in [7, 11) is 0. The standard InChI is InChI=1S/C25H32N2O5/c1-17(28)6-5-7-18-8-10-19(11-9-18)14-23(30)22(27-24(31)32-25(2,3)4)15-20-12-13-21(29)16-26-20/h8-13,16,22,29H,5-7,14-15H2,1-4H3,(H,27,31)/t22-/m1/s1. The highest BCUT2D eigenvalue weighted by atomic mass is 16.6. The third kappa shape index (κ3) is 9.29. The second-order valence-electron chi connectivity index (χ2n) is 8.93. The van der Waals surface area contributed by atoms with Crippen LogP contribution in [0.1, 0.15) is 57.4 Å². The summed E-state index contributed by atoms with van der Waals surface area (Å²) in [6.07, 6.45) is 3.13. The van der Waals surface area contributed by atoms with Gasteiger partial charge in [-0.2, -0.15) is 0 Å². The molecule has 172 valence electrons. The highest BCUT2D eigenvalue weighted by Gasteiger charge is 2.25. The molecule has 7 heteroatoms. The van der Waals surface area contributed by atoms with E-state index in [0.717, 1.165) is 24.0 Å². The molecule has 0 aliphatic heterocycles. The minimum Gasteiger partial charge on any atom is -0.506 e. The molecule has 1 aromatic carbocycles. The van der Waals surface area contributed by atoms with Crippen LogP contribution in [0, 0.1) is 0 Å². The zero-order chi connectivity index (χ0) is 23.7. The van der Waals surface area contributed by atoms with E-state index < -0.39 is 17.7 Å². The predicted molar refractivity (Wildman–Crippen MR) is 122 cm³/mol. The van der Waals surface area contributed by atoms with E-state index in [-0.39, 0.29) is 30.2 Å². The number of rotatable bonds is 10. The number of pyridine rings is 1. The molecule has 32 heavy (non-hydrogen) atoms. The molecule has 0 spiro atoms. The summed E-state index contributed by atoms with van der Waals surface area (Å²) in [6, 6.07) is 9.98. The van der Waals surface area contributed by atoms with Gasteiger partial charge in [0.05, 0.1) is 12.2 Å². The van der Waals surface area contributed by atoms with Gasteiger partial charge in [0.2, 0.25) is 0 Å². The lowest BCUT2D eigenvalue weighted by molar-refractivity contribution is -0.120. The molecule has 0 aliphatic rings. The van der Waals surface area contributed by atoms with E-state index in [1.54, 1.807) is 33.8 Å². The Morgan fingerprint density at radius 1 is 1.06 bits per heavy atom. The molecule has 7 nitrogen and oxygen atoms in total. The van der Waals surface area contributed by atoms with Crippen LogP contribution in [0.15, 0.2) is 42.6 Å². The first-order valence-electron chi connectivity index (χ1n) is 10.8. The SMILES string of the molecule is CC(=O)CCCc1ccc(CC(=O)[C@@H](Cc2ccc(O)cn2)NC(=O)OC(C)(C)C)cc1. The van der Waals surface area contributed by atoms with Crippen molar-refractivity contribution in [2.45, 2.75) is 71.4 Å². The number of aryl methyl sites for hydroxylation is 1. The number of aromatic hydroxyl groups is 1. The Balaban J connectivity index is 2.06. The smallest absolute Gasteiger partial charge is 0.408 e. The van der Waals surface area contributed by atoms with Crippen molar-refractivity contribution >= 4 is 17.7 Å². The quantitative estimate of drug-likeness (QED) is 0.580. The van der Waals surface area contributed by atoms with Crippen molar-refractivity contribution in [1.29, 1.82) is 0 Å². The lowest BCUT2D eigenvalue weighted by Gasteiger charge is -2.23. The normalized spacial score (nSPS) is 12.1. The third-order valence-corrected chi connectivity index (χ3v) is 4.70. The molecule has 0 saturated carbocycles. The Morgan fingerprint density at radius 3 is 2.28 bits per heavy atom. The molecular formula is C25H32N2O5. The van der Waals surface area contributed by atoms with Gasteiger partial charge in [0.1, 0.15) is 17.1 Å². The van der Waals surface area contributed by atoms with Crippen LogP contribution in [0.2, 0.25) is 0 Å². The number of alkyl carbamates (subject to hydrolysis) is 1. The Labute approximate surface area is 189 Å². The molecule has 1 atom stereocenters. The molecule has 2 rings (SSSR count). The van der Waals surface area contributed by atoms with Gasteiger partial charge in [-0.15, -0.1) is 0 Å². The molecule has 2 N–H and O–H groups in total. The summed E-state index contributed by atoms with van der Waals surface area (Å²) in [5, 5.41) is 12.1. The number of hydrogen-bond acceptors (Lipinski definition) is 6. The highest BCUT2D eigenvalue weighted by molar-refractivity contribution is 5.89. The maximum absolute atomic E-state index is 13.0. The summed E-state index contributed by atoms with van der Waals surface area (Å²) in [6.45, 7) is 6.85. The minimum absolute atomic E-state index is 0.0279. The molecule has 0 radical (unpaired) electrons. The van der Waals surface area contributed by atoms with Crippen molar-refractivity contribution in [3.8, 4) is 5.75 Å². The average Bonchev–Trinajstić information content (AvgIpc) is 2.68. The second-order valence-corrected chi connectivity index (χ2v) is 8.93. The zero-order valence-electron chi connectivity index (χ0n) is 19.2. The van der Waals surface area contributed by atoms with E-state index >= 15 is 0 Å². The van der Waals surface area contributed by atoms with Crippen molar-refractivity contribution in [1.82, 2.24) is 10.3 Å². The first-order valence-corrected chi connectivity index (χ1v) is 10.8. The van der Waals surface area contributed by atoms with Crippen molar-refractivity contribution in [2.75, 3.05) is 0 Å². The van der Waals surface area contributed by atoms with Crippen LogP contribution < -0.4 is 5.32 Å². The molecule has 1 aromatic heterocycles. The van der Waals surface area contributed by atoms with Crippen molar-refractivity contribution in [3.05, 3.63) is 59.4 Å². The molecule has 1 amide bonds. The van der Waals surface area contributed by atoms with E-state index in [1.165, 1.54) is 12.3 Å². The number of carbonyl (C=O) groups is 3. The van der Waals surface area contributed by atoms with Gasteiger partial charge < -0.3 is 20.0 Å². The maximum Gasteiger partial charge on any atom is 0.408 e. The Hall–Kier alpha value is -3.22. The number of nitrogens with zero attached hydrogens (tertiary/aromatic N) is 1. The van der Waals surface area contributed by atoms with E-state index in [0.29, 0.717) is 12.1 Å². The molecule has 0 bridgehead atoms. The van der Waals surface area contributed by atoms with Gasteiger partial charge in [-0.3, -0.25) is 9.78 Å². The monoisotopic (exact) mass is 440 g/mol. The molecule has 0 saturated heterocycles. The summed E-state index contributed by atoms with van der Waals surface area (Å²) >= 11 is 0. The van der Waals surface area contributed by atoms with Crippen molar-refractivity contribution in [2.24, 2.45) is 0 Å². The fourth-order valence-corrected chi connectivity index (χ4v) is 3.13. The number of ketones is 2. The van der Waals surface area contributed by atoms with Crippen LogP contribution in [0.5, 0.6) is 5.75 Å². The van der Waals surface area contributed by atoms with E-state index in [4.69, 9.17) is 4.74 Å². The molecule has 0 fully saturated rings. The maximum atomic E-state index is 13.0. The van der Waals surface area contributed by atoms with Crippen molar-refractivity contribution < 1.29 is 24.2 Å². The predicted octanol–water partition coefficient (Wildman–Crippen LogP) is 3.95. The Bertz CT molecular complexity index is 915. The number of amides is 1. The largest absolute Gasteiger partial charge is 0.506 e. The number of benzene rings is 1. The summed E-state index contributed by atoms with van der Waals surface area (Å²) in [5.41, 5.74) is 1.82. The van der Waals surface area contributed by atoms with Gasteiger partial charge in [-0.25, -0.2) is 4.79 Å². The van der Waals surface area contributed by atoms with Crippen LogP contribution in [-0.2, 0) is 33.6 Å². The summed E-state index contributed by atoms with van der Waals surface area (Å²) < 4.78 is 5.31. The first kappa shape index (κ1) is 25.0. The lowest BCUT2D eigenvalue weighted by Crippen LogP contribution is -2.45. The zero-order valence-corrected chi connectivity index (χ0v) is 19.2. The number of Topliss-reactive ketones (excluding diaryl/α,β-unsaturated/α-hetero) is 2. The number of carbonyl (C=O) groups excluding carboxylic acids is 3. The fourth-order valence-electron chi connectivity index (χ4n) is 3.13. The van der Waals surface area contributed by atoms with Gasteiger partial charge in [0.25, 0.3) is 0 Å². The third-order valence-electron chi connectivity index (χ3n) is 4.70. The van der Waals surface area contributed by atoms with E-state index in [2.05, 4.69) is 10.3 Å². The second kappa shape index (κ2) is 11.4. The molecular weight excluding hydrogens is 408 g/mol. The Kier molecular flexibility index (Phi) is 8.93. The van der Waals surface area contributed by atoms with Gasteiger partial charge in [0, 0.05) is 25.0 Å². The number of aromatic nitrogens is 1. The van der Waals surface area contributed by atoms with Gasteiger partial charge >= 0.3 is 6.09 Å². The number of hydrogen-bond donors (Lipinski definition) is 2. The van der Waals surface area contributed by atoms with E-state index in [1.807, 2.05) is 24.3 Å². The van der Waals surface area contributed by atoms with E-state index in [9.17, 15) is 19.5 Å². The van der Waals surface area contributed by atoms with Crippen LogP contribution >= 0.6 is 0 Å². The molecule has 0 unspecified atom stereocenters. The summed E-state index contributed by atoms with van der Waals surface area (Å²) in [4.78, 5) is 40.5. The lowest BCUT2D eigenvalue weighted by atomic mass is 9.98. The first-order chi connectivity index (χ1) is 15.0. The van der Waals surface area contributed by atoms with Crippen LogP contribution in [0.25, 0.3) is 0 Å². The Morgan fingerprint density at radius 2 is 1.72 bits per heavy atom. The van der Waals surface area contributed by atoms with Crippen LogP contribution in [0.3, 0.4) is 0 Å². The van der Waals surface area contributed by atoms with Crippen LogP contribution in [-0.4, -0.2) is 39.4 Å². The minimum atomic E-state index is -0.822. The summed E-state index contributed by atoms with van der Waals surface area (Å²) in [5.74, 6) is 0.0362. The molecule has 2 aromatic rings. The van der Waals surface area contributed by atoms with Crippen molar-refractivity contribution in [3.63, 3.8) is 0 Å². The number of ether oxygens (including phenoxy) is 1. The molecule has 1 heterocycles. The average molecular weight is 441 g/mol. The van der Waals surface area contributed by atoms with Gasteiger partial charge in [0.15, 0.2) is 5.78 Å². The van der Waals surface area contributed by atoms with Gasteiger partial charge in [-0.1, -0.05) is 24.3 Å².